The number of carboxylic acid groups (broad SMARTS) is 1. The van der Waals surface area contributed by atoms with Crippen molar-refractivity contribution in [3.63, 3.8) is 0 Å². The highest BCUT2D eigenvalue weighted by Crippen LogP contribution is 2.34. The van der Waals surface area contributed by atoms with Crippen LogP contribution >= 0.6 is 0 Å². The molecule has 3 aromatic rings. The number of aliphatic carboxylic acids is 1. The average Bonchev–Trinajstić information content (AvgIpc) is 2.86. The van der Waals surface area contributed by atoms with Gasteiger partial charge in [0.25, 0.3) is 11.8 Å². The van der Waals surface area contributed by atoms with Crippen molar-refractivity contribution in [3.05, 3.63) is 70.8 Å². The summed E-state index contributed by atoms with van der Waals surface area (Å²) in [5, 5.41) is 9.28. The Morgan fingerprint density at radius 3 is 2.44 bits per heavy atom. The normalized spacial score (nSPS) is 11.6. The molecular formula is C26H26F2N2O6. The first-order valence-electron chi connectivity index (χ1n) is 11.1. The lowest BCUT2D eigenvalue weighted by molar-refractivity contribution is -0.145. The lowest BCUT2D eigenvalue weighted by atomic mass is 10.0. The second-order valence-electron chi connectivity index (χ2n) is 7.98. The van der Waals surface area contributed by atoms with Gasteiger partial charge >= 0.3 is 11.9 Å². The summed E-state index contributed by atoms with van der Waals surface area (Å²) in [7, 11) is 1.07. The van der Waals surface area contributed by atoms with Crippen molar-refractivity contribution >= 4 is 11.9 Å². The van der Waals surface area contributed by atoms with Gasteiger partial charge in [-0.05, 0) is 53.8 Å². The Bertz CT molecular complexity index is 1280. The number of carbonyl (C=O) groups excluding carboxylic acids is 1. The zero-order chi connectivity index (χ0) is 26.4. The number of benzene rings is 2. The number of ether oxygens (including phenoxy) is 3. The van der Waals surface area contributed by atoms with Crippen LogP contribution in [0.3, 0.4) is 0 Å². The van der Waals surface area contributed by atoms with Gasteiger partial charge in [-0.15, -0.1) is 0 Å². The van der Waals surface area contributed by atoms with Gasteiger partial charge in [-0.1, -0.05) is 31.2 Å². The third kappa shape index (κ3) is 6.14. The smallest absolute Gasteiger partial charge is 0.344 e. The third-order valence-corrected chi connectivity index (χ3v) is 5.32. The standard InChI is InChI=1S/C26H26F2N2O6/c1-4-20(26(32)33)36-25-23(28)19(12-21(31)34-3)22(27)24(30-25)35-18-9-14(2)8-17(11-18)16-7-5-6-15(10-16)13-29/h5-11,20H,4,12-13,29H2,1-3H3,(H,32,33)/t20-/m1/s1. The highest BCUT2D eigenvalue weighted by molar-refractivity contribution is 5.74. The molecule has 0 fully saturated rings. The first-order chi connectivity index (χ1) is 17.2. The molecule has 0 unspecified atom stereocenters. The molecule has 190 valence electrons. The van der Waals surface area contributed by atoms with Crippen LogP contribution in [0.25, 0.3) is 11.1 Å². The maximum absolute atomic E-state index is 15.3. The zero-order valence-electron chi connectivity index (χ0n) is 20.0. The van der Waals surface area contributed by atoms with E-state index in [0.29, 0.717) is 6.54 Å². The van der Waals surface area contributed by atoms with Crippen molar-refractivity contribution in [1.29, 1.82) is 0 Å². The Hall–Kier alpha value is -4.05. The van der Waals surface area contributed by atoms with Crippen LogP contribution in [-0.2, 0) is 27.3 Å². The molecule has 1 aromatic heterocycles. The number of hydrogen-bond acceptors (Lipinski definition) is 7. The van der Waals surface area contributed by atoms with Crippen LogP contribution in [0.2, 0.25) is 0 Å². The van der Waals surface area contributed by atoms with Crippen molar-refractivity contribution in [2.24, 2.45) is 5.73 Å². The van der Waals surface area contributed by atoms with E-state index in [1.54, 1.807) is 12.1 Å². The number of carbonyl (C=O) groups is 2. The SMILES string of the molecule is CC[C@@H](Oc1nc(Oc2cc(C)cc(-c3cccc(CN)c3)c2)c(F)c(CC(=O)OC)c1F)C(=O)O. The van der Waals surface area contributed by atoms with Crippen molar-refractivity contribution in [3.8, 4) is 28.6 Å². The number of aryl methyl sites for hydroxylation is 1. The maximum Gasteiger partial charge on any atom is 0.344 e. The van der Waals surface area contributed by atoms with Gasteiger partial charge in [0.1, 0.15) is 5.75 Å². The van der Waals surface area contributed by atoms with Crippen LogP contribution in [-0.4, -0.2) is 35.2 Å². The van der Waals surface area contributed by atoms with Crippen molar-refractivity contribution < 1.29 is 37.7 Å². The fraction of sp³-hybridized carbons (Fsp3) is 0.269. The van der Waals surface area contributed by atoms with Gasteiger partial charge in [0, 0.05) is 12.1 Å². The first kappa shape index (κ1) is 26.6. The molecule has 8 nitrogen and oxygen atoms in total. The molecule has 0 radical (unpaired) electrons. The van der Waals surface area contributed by atoms with Crippen LogP contribution in [0.4, 0.5) is 8.78 Å². The minimum Gasteiger partial charge on any atom is -0.479 e. The molecule has 0 spiro atoms. The highest BCUT2D eigenvalue weighted by Gasteiger charge is 2.28. The Kier molecular flexibility index (Phi) is 8.55. The number of halogens is 2. The van der Waals surface area contributed by atoms with E-state index in [1.165, 1.54) is 6.92 Å². The van der Waals surface area contributed by atoms with Crippen LogP contribution in [0.15, 0.2) is 42.5 Å². The molecule has 3 rings (SSSR count). The number of aromatic nitrogens is 1. The fourth-order valence-corrected chi connectivity index (χ4v) is 3.47. The summed E-state index contributed by atoms with van der Waals surface area (Å²) in [5.74, 6) is -6.13. The molecule has 0 amide bonds. The number of pyridine rings is 1. The Balaban J connectivity index is 2.08. The second-order valence-corrected chi connectivity index (χ2v) is 7.98. The fourth-order valence-electron chi connectivity index (χ4n) is 3.47. The van der Waals surface area contributed by atoms with E-state index in [4.69, 9.17) is 15.2 Å². The number of rotatable bonds is 10. The van der Waals surface area contributed by atoms with Gasteiger partial charge in [0.2, 0.25) is 0 Å². The monoisotopic (exact) mass is 500 g/mol. The number of hydrogen-bond donors (Lipinski definition) is 2. The van der Waals surface area contributed by atoms with Crippen LogP contribution in [0.5, 0.6) is 17.5 Å². The molecule has 1 heterocycles. The summed E-state index contributed by atoms with van der Waals surface area (Å²) in [4.78, 5) is 26.9. The highest BCUT2D eigenvalue weighted by atomic mass is 19.1. The average molecular weight is 500 g/mol. The minimum atomic E-state index is -1.45. The van der Waals surface area contributed by atoms with E-state index in [1.807, 2.05) is 37.3 Å². The Morgan fingerprint density at radius 2 is 1.81 bits per heavy atom. The summed E-state index contributed by atoms with van der Waals surface area (Å²) in [6.45, 7) is 3.68. The lowest BCUT2D eigenvalue weighted by Gasteiger charge is -2.17. The summed E-state index contributed by atoms with van der Waals surface area (Å²) >= 11 is 0. The van der Waals surface area contributed by atoms with Gasteiger partial charge in [0.15, 0.2) is 17.7 Å². The molecule has 0 aliphatic heterocycles. The Morgan fingerprint density at radius 1 is 1.08 bits per heavy atom. The molecule has 0 aliphatic rings. The molecule has 0 bridgehead atoms. The molecule has 0 saturated carbocycles. The largest absolute Gasteiger partial charge is 0.479 e. The minimum absolute atomic E-state index is 0.0144. The van der Waals surface area contributed by atoms with Crippen molar-refractivity contribution in [1.82, 2.24) is 4.98 Å². The predicted molar refractivity (Wildman–Crippen MR) is 127 cm³/mol. The molecular weight excluding hydrogens is 474 g/mol. The van der Waals surface area contributed by atoms with E-state index in [2.05, 4.69) is 9.72 Å². The van der Waals surface area contributed by atoms with Crippen LogP contribution < -0.4 is 15.2 Å². The zero-order valence-corrected chi connectivity index (χ0v) is 20.0. The predicted octanol–water partition coefficient (Wildman–Crippen LogP) is 4.54. The summed E-state index contributed by atoms with van der Waals surface area (Å²) < 4.78 is 45.7. The second kappa shape index (κ2) is 11.6. The molecule has 0 saturated heterocycles. The molecule has 2 aromatic carbocycles. The van der Waals surface area contributed by atoms with Crippen molar-refractivity contribution in [2.45, 2.75) is 39.3 Å². The third-order valence-electron chi connectivity index (χ3n) is 5.32. The lowest BCUT2D eigenvalue weighted by Crippen LogP contribution is -2.27. The molecule has 1 atom stereocenters. The van der Waals surface area contributed by atoms with Gasteiger partial charge < -0.3 is 25.1 Å². The van der Waals surface area contributed by atoms with E-state index >= 15 is 8.78 Å². The topological polar surface area (TPSA) is 121 Å². The van der Waals surface area contributed by atoms with Crippen LogP contribution in [0.1, 0.15) is 30.0 Å². The van der Waals surface area contributed by atoms with Gasteiger partial charge in [0.05, 0.1) is 13.5 Å². The van der Waals surface area contributed by atoms with E-state index in [-0.39, 0.29) is 12.2 Å². The van der Waals surface area contributed by atoms with E-state index in [0.717, 1.165) is 29.4 Å². The number of carboxylic acids is 1. The van der Waals surface area contributed by atoms with E-state index in [9.17, 15) is 14.7 Å². The number of esters is 1. The molecule has 36 heavy (non-hydrogen) atoms. The number of nitrogens with zero attached hydrogens (tertiary/aromatic N) is 1. The van der Waals surface area contributed by atoms with Gasteiger partial charge in [-0.25, -0.2) is 13.6 Å². The maximum atomic E-state index is 15.3. The molecule has 0 aliphatic carbocycles. The molecule has 3 N–H and O–H groups in total. The number of methoxy groups -OCH3 is 1. The van der Waals surface area contributed by atoms with Crippen LogP contribution in [0, 0.1) is 18.6 Å². The summed E-state index contributed by atoms with van der Waals surface area (Å²) in [6.07, 6.45) is -2.24. The quantitative estimate of drug-likeness (QED) is 0.389. The van der Waals surface area contributed by atoms with E-state index < -0.39 is 53.4 Å². The first-order valence-corrected chi connectivity index (χ1v) is 11.1. The molecule has 10 heteroatoms. The van der Waals surface area contributed by atoms with Gasteiger partial charge in [-0.2, -0.15) is 4.98 Å². The van der Waals surface area contributed by atoms with Crippen molar-refractivity contribution in [2.75, 3.05) is 7.11 Å². The summed E-state index contributed by atoms with van der Waals surface area (Å²) in [6, 6.07) is 12.7. The Labute approximate surface area is 206 Å². The number of nitrogens with two attached hydrogens (primary N) is 1. The van der Waals surface area contributed by atoms with Gasteiger partial charge in [-0.3, -0.25) is 4.79 Å². The summed E-state index contributed by atoms with van der Waals surface area (Å²) in [5.41, 5.74) is 8.33.